The summed E-state index contributed by atoms with van der Waals surface area (Å²) in [5.74, 6) is -6.90. The molecule has 3 aromatic rings. The number of nitrogens with one attached hydrogen (secondary N) is 1. The number of aliphatic hydroxyl groups is 3. The number of benzene rings is 3. The first-order chi connectivity index (χ1) is 29.7. The average Bonchev–Trinajstić information content (AvgIpc) is 3.24. The Kier molecular flexibility index (Phi) is 12.4. The molecule has 1 aliphatic heterocycles. The van der Waals surface area contributed by atoms with Crippen molar-refractivity contribution in [3.8, 4) is 0 Å². The predicted octanol–water partition coefficient (Wildman–Crippen LogP) is 4.50. The summed E-state index contributed by atoms with van der Waals surface area (Å²) >= 11 is 3.37. The molecule has 3 fully saturated rings. The number of aliphatic hydroxyl groups excluding tert-OH is 2. The molecule has 0 unspecified atom stereocenters. The molecular formula is C47H50BrNO14. The average molecular weight is 933 g/mol. The van der Waals surface area contributed by atoms with E-state index in [4.69, 9.17) is 23.7 Å². The number of hydrogen-bond acceptors (Lipinski definition) is 14. The number of amides is 1. The first-order valence-corrected chi connectivity index (χ1v) is 21.4. The normalized spacial score (nSPS) is 31.6. The number of carbonyl (C=O) groups is 6. The lowest BCUT2D eigenvalue weighted by atomic mass is 9.44. The van der Waals surface area contributed by atoms with Crippen molar-refractivity contribution >= 4 is 51.5 Å². The second kappa shape index (κ2) is 17.0. The van der Waals surface area contributed by atoms with Gasteiger partial charge in [-0.1, -0.05) is 74.5 Å². The van der Waals surface area contributed by atoms with Crippen LogP contribution in [0.15, 0.2) is 101 Å². The predicted molar refractivity (Wildman–Crippen MR) is 225 cm³/mol. The van der Waals surface area contributed by atoms with Crippen LogP contribution in [0.1, 0.15) is 86.7 Å². The highest BCUT2D eigenvalue weighted by molar-refractivity contribution is 9.10. The lowest BCUT2D eigenvalue weighted by Crippen LogP contribution is -2.82. The van der Waals surface area contributed by atoms with E-state index in [0.29, 0.717) is 10.0 Å². The molecule has 11 atom stereocenters. The summed E-state index contributed by atoms with van der Waals surface area (Å²) < 4.78 is 30.8. The minimum absolute atomic E-state index is 0.00765. The van der Waals surface area contributed by atoms with E-state index in [-0.39, 0.29) is 35.3 Å². The van der Waals surface area contributed by atoms with E-state index in [2.05, 4.69) is 21.2 Å². The van der Waals surface area contributed by atoms with Gasteiger partial charge in [-0.25, -0.2) is 9.59 Å². The number of esters is 4. The molecule has 334 valence electrons. The maximum absolute atomic E-state index is 15.5. The van der Waals surface area contributed by atoms with Crippen LogP contribution in [0.3, 0.4) is 0 Å². The number of ketones is 1. The summed E-state index contributed by atoms with van der Waals surface area (Å²) in [6, 6.07) is 21.3. The zero-order valence-corrected chi connectivity index (χ0v) is 37.1. The maximum Gasteiger partial charge on any atom is 0.338 e. The molecule has 2 bridgehead atoms. The summed E-state index contributed by atoms with van der Waals surface area (Å²) in [5.41, 5.74) is -7.11. The van der Waals surface area contributed by atoms with Crippen LogP contribution in [-0.4, -0.2) is 105 Å². The van der Waals surface area contributed by atoms with Crippen molar-refractivity contribution in [2.45, 2.75) is 108 Å². The van der Waals surface area contributed by atoms with Crippen molar-refractivity contribution in [1.29, 1.82) is 0 Å². The molecule has 0 aromatic heterocycles. The van der Waals surface area contributed by atoms with Crippen molar-refractivity contribution in [2.75, 3.05) is 6.61 Å². The monoisotopic (exact) mass is 931 g/mol. The molecule has 1 saturated heterocycles. The van der Waals surface area contributed by atoms with Gasteiger partial charge >= 0.3 is 23.9 Å². The fourth-order valence-electron chi connectivity index (χ4n) is 10.2. The second-order valence-corrected chi connectivity index (χ2v) is 18.3. The maximum atomic E-state index is 15.5. The van der Waals surface area contributed by atoms with Crippen LogP contribution in [-0.2, 0) is 42.9 Å². The third-order valence-electron chi connectivity index (χ3n) is 13.6. The molecule has 7 rings (SSSR count). The van der Waals surface area contributed by atoms with Gasteiger partial charge in [-0.2, -0.15) is 0 Å². The SMILES string of the molecule is CC(=O)O[C@H]1C(=O)[C@@]2(C)[C@H]([C@H](OC(=O)c3ccccc3)[C@]3(O)C[C@H](OC(=O)[C@H](O)[C@@H](NC(=O)c4ccccc4Br)c4ccccc4)C(C)=C1C3(C)C)[C@]1(OC(C)=O)CO[C@@H]1C[C@@H]2O. The number of carbonyl (C=O) groups excluding carboxylic acids is 6. The van der Waals surface area contributed by atoms with Crippen molar-refractivity contribution in [3.05, 3.63) is 117 Å². The Balaban J connectivity index is 1.39. The summed E-state index contributed by atoms with van der Waals surface area (Å²) in [5, 5.41) is 40.3. The molecule has 3 aliphatic carbocycles. The largest absolute Gasteiger partial charge is 0.456 e. The molecule has 0 radical (unpaired) electrons. The molecule has 1 amide bonds. The fraction of sp³-hybridized carbons (Fsp3) is 0.447. The summed E-state index contributed by atoms with van der Waals surface area (Å²) in [6.07, 6.45) is -10.6. The van der Waals surface area contributed by atoms with Crippen LogP contribution in [0.5, 0.6) is 0 Å². The lowest BCUT2D eigenvalue weighted by molar-refractivity contribution is -0.346. The summed E-state index contributed by atoms with van der Waals surface area (Å²) in [7, 11) is 0. The Morgan fingerprint density at radius 2 is 1.49 bits per heavy atom. The molecule has 16 heteroatoms. The molecule has 4 N–H and O–H groups in total. The molecular weight excluding hydrogens is 882 g/mol. The fourth-order valence-corrected chi connectivity index (χ4v) is 10.7. The number of fused-ring (bicyclic) bond motifs is 5. The van der Waals surface area contributed by atoms with E-state index in [1.54, 1.807) is 86.6 Å². The molecule has 1 heterocycles. The highest BCUT2D eigenvalue weighted by Crippen LogP contribution is 2.64. The van der Waals surface area contributed by atoms with E-state index in [9.17, 15) is 39.3 Å². The molecule has 15 nitrogen and oxygen atoms in total. The highest BCUT2D eigenvalue weighted by Gasteiger charge is 2.78. The molecule has 63 heavy (non-hydrogen) atoms. The van der Waals surface area contributed by atoms with E-state index in [0.717, 1.165) is 13.8 Å². The minimum Gasteiger partial charge on any atom is -0.456 e. The number of ether oxygens (including phenoxy) is 5. The number of rotatable bonds is 10. The Morgan fingerprint density at radius 3 is 2.08 bits per heavy atom. The van der Waals surface area contributed by atoms with Gasteiger partial charge in [0.15, 0.2) is 23.6 Å². The number of hydrogen-bond donors (Lipinski definition) is 4. The van der Waals surface area contributed by atoms with E-state index < -0.39 is 113 Å². The minimum atomic E-state index is -2.40. The van der Waals surface area contributed by atoms with Crippen LogP contribution in [0.2, 0.25) is 0 Å². The van der Waals surface area contributed by atoms with Crippen molar-refractivity contribution < 1.29 is 67.8 Å². The topological polar surface area (TPSA) is 221 Å². The van der Waals surface area contributed by atoms with Gasteiger partial charge in [-0.05, 0) is 70.8 Å². The van der Waals surface area contributed by atoms with Gasteiger partial charge in [0.25, 0.3) is 5.91 Å². The Labute approximate surface area is 372 Å². The Morgan fingerprint density at radius 1 is 0.873 bits per heavy atom. The summed E-state index contributed by atoms with van der Waals surface area (Å²) in [4.78, 5) is 83.8. The van der Waals surface area contributed by atoms with Crippen molar-refractivity contribution in [1.82, 2.24) is 5.32 Å². The van der Waals surface area contributed by atoms with Crippen LogP contribution in [0.4, 0.5) is 0 Å². The van der Waals surface area contributed by atoms with Gasteiger partial charge in [-0.15, -0.1) is 0 Å². The molecule has 2 saturated carbocycles. The van der Waals surface area contributed by atoms with Crippen LogP contribution in [0.25, 0.3) is 0 Å². The van der Waals surface area contributed by atoms with E-state index >= 15 is 4.79 Å². The second-order valence-electron chi connectivity index (χ2n) is 17.5. The van der Waals surface area contributed by atoms with Crippen LogP contribution in [0, 0.1) is 16.7 Å². The van der Waals surface area contributed by atoms with Gasteiger partial charge in [-0.3, -0.25) is 19.2 Å². The van der Waals surface area contributed by atoms with Crippen molar-refractivity contribution in [3.63, 3.8) is 0 Å². The quantitative estimate of drug-likeness (QED) is 0.125. The molecule has 4 aliphatic rings. The smallest absolute Gasteiger partial charge is 0.338 e. The van der Waals surface area contributed by atoms with Crippen LogP contribution >= 0.6 is 15.9 Å². The van der Waals surface area contributed by atoms with E-state index in [1.807, 2.05) is 0 Å². The zero-order chi connectivity index (χ0) is 45.8. The first kappa shape index (κ1) is 45.8. The molecule has 0 spiro atoms. The standard InChI is InChI=1S/C47H50BrNO14/c1-24-31(61-43(57)36(53)35(27-15-9-7-10-16-27)49-41(55)29-19-13-14-20-30(29)48)22-47(58)40(62-42(56)28-17-11-8-12-18-28)38-45(6,32(52)21-33-46(38,23-59-33)63-26(3)51)39(54)37(60-25(2)50)34(24)44(47,4)5/h7-20,31-33,35-38,40,52-53,58H,21-23H2,1-6H3,(H,49,55)/t31-,32-,33+,35-,36+,37+,38-,40-,45+,46-,47+/m0/s1. The number of Topliss-reactive ketones (excluding diaryl/α,β-unsaturated/α-hetero) is 1. The van der Waals surface area contributed by atoms with Gasteiger partial charge in [0.1, 0.15) is 23.9 Å². The Hall–Kier alpha value is -5.26. The van der Waals surface area contributed by atoms with Gasteiger partial charge < -0.3 is 44.3 Å². The first-order valence-electron chi connectivity index (χ1n) is 20.6. The van der Waals surface area contributed by atoms with Crippen LogP contribution < -0.4 is 5.32 Å². The summed E-state index contributed by atoms with van der Waals surface area (Å²) in [6.45, 7) is 7.96. The van der Waals surface area contributed by atoms with Gasteiger partial charge in [0.2, 0.25) is 0 Å². The van der Waals surface area contributed by atoms with Crippen molar-refractivity contribution in [2.24, 2.45) is 16.7 Å². The van der Waals surface area contributed by atoms with Gasteiger partial charge in [0.05, 0.1) is 41.2 Å². The Bertz CT molecular complexity index is 2350. The zero-order valence-electron chi connectivity index (χ0n) is 35.5. The van der Waals surface area contributed by atoms with Gasteiger partial charge in [0, 0.05) is 36.6 Å². The van der Waals surface area contributed by atoms with E-state index in [1.165, 1.54) is 26.0 Å². The third kappa shape index (κ3) is 7.68. The molecule has 3 aromatic carbocycles. The third-order valence-corrected chi connectivity index (χ3v) is 14.3. The highest BCUT2D eigenvalue weighted by atomic mass is 79.9. The lowest BCUT2D eigenvalue weighted by Gasteiger charge is -2.67. The number of halogens is 1.